The Balaban J connectivity index is 2.82. The molecule has 0 aliphatic heterocycles. The van der Waals surface area contributed by atoms with E-state index < -0.39 is 0 Å². The second kappa shape index (κ2) is 5.46. The van der Waals surface area contributed by atoms with Crippen LogP contribution in [0.15, 0.2) is 24.3 Å². The second-order valence-electron chi connectivity index (χ2n) is 5.33. The fourth-order valence-corrected chi connectivity index (χ4v) is 1.91. The molecule has 1 atom stereocenters. The molecule has 0 spiro atoms. The molecule has 0 heterocycles. The summed E-state index contributed by atoms with van der Waals surface area (Å²) in [5.41, 5.74) is 8.63. The Labute approximate surface area is 99.2 Å². The van der Waals surface area contributed by atoms with E-state index in [0.717, 1.165) is 13.0 Å². The van der Waals surface area contributed by atoms with Crippen molar-refractivity contribution in [1.29, 1.82) is 0 Å². The molecule has 0 aliphatic carbocycles. The summed E-state index contributed by atoms with van der Waals surface area (Å²) in [5.74, 6) is 0. The molecule has 0 amide bonds. The van der Waals surface area contributed by atoms with Gasteiger partial charge in [0.15, 0.2) is 0 Å². The molecule has 0 aromatic heterocycles. The third-order valence-corrected chi connectivity index (χ3v) is 3.10. The van der Waals surface area contributed by atoms with E-state index in [4.69, 9.17) is 5.73 Å². The van der Waals surface area contributed by atoms with Gasteiger partial charge in [-0.1, -0.05) is 43.7 Å². The molecule has 0 radical (unpaired) electrons. The van der Waals surface area contributed by atoms with Crippen molar-refractivity contribution in [3.63, 3.8) is 0 Å². The molecule has 0 aliphatic rings. The van der Waals surface area contributed by atoms with Crippen molar-refractivity contribution in [2.75, 3.05) is 13.6 Å². The molecule has 0 fully saturated rings. The lowest BCUT2D eigenvalue weighted by Crippen LogP contribution is -2.30. The van der Waals surface area contributed by atoms with Crippen molar-refractivity contribution in [1.82, 2.24) is 5.32 Å². The van der Waals surface area contributed by atoms with Gasteiger partial charge in [-0.2, -0.15) is 0 Å². The predicted molar refractivity (Wildman–Crippen MR) is 70.4 cm³/mol. The highest BCUT2D eigenvalue weighted by molar-refractivity contribution is 5.25. The minimum absolute atomic E-state index is 0.178. The number of rotatable bonds is 5. The highest BCUT2D eigenvalue weighted by atomic mass is 14.9. The van der Waals surface area contributed by atoms with E-state index in [1.165, 1.54) is 11.1 Å². The Morgan fingerprint density at radius 1 is 1.38 bits per heavy atom. The first-order valence-electron chi connectivity index (χ1n) is 5.92. The monoisotopic (exact) mass is 220 g/mol. The molecule has 0 saturated carbocycles. The molecule has 90 valence electrons. The highest BCUT2D eigenvalue weighted by Gasteiger charge is 2.21. The van der Waals surface area contributed by atoms with Crippen LogP contribution in [0.4, 0.5) is 0 Å². The lowest BCUT2D eigenvalue weighted by atomic mass is 9.83. The Hall–Kier alpha value is -0.860. The van der Waals surface area contributed by atoms with Crippen LogP contribution in [0.2, 0.25) is 0 Å². The molecule has 1 unspecified atom stereocenters. The summed E-state index contributed by atoms with van der Waals surface area (Å²) in [5, 5.41) is 3.38. The first-order chi connectivity index (χ1) is 7.48. The molecule has 0 bridgehead atoms. The number of nitrogens with one attached hydrogen (secondary N) is 1. The van der Waals surface area contributed by atoms with Crippen LogP contribution in [-0.2, 0) is 0 Å². The molecule has 2 nitrogen and oxygen atoms in total. The van der Waals surface area contributed by atoms with E-state index in [1.54, 1.807) is 0 Å². The van der Waals surface area contributed by atoms with E-state index in [9.17, 15) is 0 Å². The summed E-state index contributed by atoms with van der Waals surface area (Å²) in [6.45, 7) is 7.28. The van der Waals surface area contributed by atoms with Crippen molar-refractivity contribution in [3.05, 3.63) is 35.4 Å². The largest absolute Gasteiger partial charge is 0.330 e. The van der Waals surface area contributed by atoms with Gasteiger partial charge in [0, 0.05) is 6.04 Å². The average molecular weight is 220 g/mol. The van der Waals surface area contributed by atoms with E-state index in [2.05, 4.69) is 50.4 Å². The van der Waals surface area contributed by atoms with Crippen molar-refractivity contribution in [3.8, 4) is 0 Å². The van der Waals surface area contributed by atoms with Gasteiger partial charge in [-0.15, -0.1) is 0 Å². The minimum Gasteiger partial charge on any atom is -0.330 e. The van der Waals surface area contributed by atoms with E-state index in [-0.39, 0.29) is 5.41 Å². The van der Waals surface area contributed by atoms with E-state index in [0.29, 0.717) is 6.04 Å². The zero-order chi connectivity index (χ0) is 12.2. The van der Waals surface area contributed by atoms with Crippen molar-refractivity contribution >= 4 is 0 Å². The summed E-state index contributed by atoms with van der Waals surface area (Å²) >= 11 is 0. The van der Waals surface area contributed by atoms with E-state index in [1.807, 2.05) is 7.05 Å². The fraction of sp³-hybridized carbons (Fsp3) is 0.571. The summed E-state index contributed by atoms with van der Waals surface area (Å²) in [4.78, 5) is 0. The topological polar surface area (TPSA) is 38.0 Å². The molecule has 16 heavy (non-hydrogen) atoms. The third kappa shape index (κ3) is 3.62. The van der Waals surface area contributed by atoms with Gasteiger partial charge in [0.25, 0.3) is 0 Å². The van der Waals surface area contributed by atoms with Crippen LogP contribution < -0.4 is 11.1 Å². The quantitative estimate of drug-likeness (QED) is 0.800. The number of nitrogens with two attached hydrogens (primary N) is 1. The van der Waals surface area contributed by atoms with Gasteiger partial charge < -0.3 is 11.1 Å². The third-order valence-electron chi connectivity index (χ3n) is 3.10. The van der Waals surface area contributed by atoms with Gasteiger partial charge in [-0.3, -0.25) is 0 Å². The number of hydrogen-bond acceptors (Lipinski definition) is 2. The summed E-state index contributed by atoms with van der Waals surface area (Å²) in [6.07, 6.45) is 1.06. The van der Waals surface area contributed by atoms with Gasteiger partial charge in [0.1, 0.15) is 0 Å². The maximum Gasteiger partial charge on any atom is 0.0323 e. The lowest BCUT2D eigenvalue weighted by Gasteiger charge is -2.28. The number of benzene rings is 1. The van der Waals surface area contributed by atoms with Crippen LogP contribution in [0.25, 0.3) is 0 Å². The Kier molecular flexibility index (Phi) is 4.51. The Morgan fingerprint density at radius 2 is 2.06 bits per heavy atom. The normalized spacial score (nSPS) is 13.8. The average Bonchev–Trinajstić information content (AvgIpc) is 2.26. The number of aryl methyl sites for hydroxylation is 1. The standard InChI is InChI=1S/C14H24N2/c1-11-6-5-7-12(8-11)13(16-4)9-14(2,3)10-15/h5-8,13,16H,9-10,15H2,1-4H3. The summed E-state index contributed by atoms with van der Waals surface area (Å²) < 4.78 is 0. The summed E-state index contributed by atoms with van der Waals surface area (Å²) in [7, 11) is 2.01. The molecule has 0 saturated heterocycles. The minimum atomic E-state index is 0.178. The van der Waals surface area contributed by atoms with Gasteiger partial charge in [-0.05, 0) is 37.9 Å². The van der Waals surface area contributed by atoms with Crippen molar-refractivity contribution in [2.45, 2.75) is 33.2 Å². The molecule has 2 heteroatoms. The molecular weight excluding hydrogens is 196 g/mol. The fourth-order valence-electron chi connectivity index (χ4n) is 1.91. The van der Waals surface area contributed by atoms with Gasteiger partial charge >= 0.3 is 0 Å². The van der Waals surface area contributed by atoms with Crippen LogP contribution in [0.3, 0.4) is 0 Å². The number of hydrogen-bond donors (Lipinski definition) is 2. The van der Waals surface area contributed by atoms with Crippen LogP contribution >= 0.6 is 0 Å². The van der Waals surface area contributed by atoms with Gasteiger partial charge in [-0.25, -0.2) is 0 Å². The zero-order valence-corrected chi connectivity index (χ0v) is 10.9. The van der Waals surface area contributed by atoms with Crippen LogP contribution in [0.1, 0.15) is 37.4 Å². The molecule has 3 N–H and O–H groups in total. The first-order valence-corrected chi connectivity index (χ1v) is 5.92. The van der Waals surface area contributed by atoms with Gasteiger partial charge in [0.05, 0.1) is 0 Å². The Morgan fingerprint density at radius 3 is 2.56 bits per heavy atom. The maximum atomic E-state index is 5.79. The maximum absolute atomic E-state index is 5.79. The van der Waals surface area contributed by atoms with Gasteiger partial charge in [0.2, 0.25) is 0 Å². The zero-order valence-electron chi connectivity index (χ0n) is 10.9. The highest BCUT2D eigenvalue weighted by Crippen LogP contribution is 2.29. The molecule has 1 aromatic rings. The Bertz CT molecular complexity index is 331. The smallest absolute Gasteiger partial charge is 0.0323 e. The van der Waals surface area contributed by atoms with Crippen LogP contribution in [0, 0.1) is 12.3 Å². The van der Waals surface area contributed by atoms with E-state index >= 15 is 0 Å². The SMILES string of the molecule is CNC(CC(C)(C)CN)c1cccc(C)c1. The molecular formula is C14H24N2. The van der Waals surface area contributed by atoms with Crippen molar-refractivity contribution < 1.29 is 0 Å². The van der Waals surface area contributed by atoms with Crippen LogP contribution in [-0.4, -0.2) is 13.6 Å². The molecule has 1 aromatic carbocycles. The first kappa shape index (κ1) is 13.2. The lowest BCUT2D eigenvalue weighted by molar-refractivity contribution is 0.299. The predicted octanol–water partition coefficient (Wildman–Crippen LogP) is 2.63. The second-order valence-corrected chi connectivity index (χ2v) is 5.33. The van der Waals surface area contributed by atoms with Crippen molar-refractivity contribution in [2.24, 2.45) is 11.1 Å². The van der Waals surface area contributed by atoms with Crippen LogP contribution in [0.5, 0.6) is 0 Å². The summed E-state index contributed by atoms with van der Waals surface area (Å²) in [6, 6.07) is 9.06. The molecule has 1 rings (SSSR count).